The molecule has 0 fully saturated rings. The Bertz CT molecular complexity index is 638. The Labute approximate surface area is 118 Å². The fourth-order valence-corrected chi connectivity index (χ4v) is 2.16. The Morgan fingerprint density at radius 2 is 1.95 bits per heavy atom. The zero-order valence-electron chi connectivity index (χ0n) is 11.6. The zero-order chi connectivity index (χ0) is 14.7. The van der Waals surface area contributed by atoms with Crippen LogP contribution in [-0.4, -0.2) is 18.1 Å². The number of aryl methyl sites for hydroxylation is 1. The summed E-state index contributed by atoms with van der Waals surface area (Å²) in [5.74, 6) is -0.968. The minimum absolute atomic E-state index is 0.204. The van der Waals surface area contributed by atoms with Gasteiger partial charge in [0.25, 0.3) is 0 Å². The highest BCUT2D eigenvalue weighted by atomic mass is 16.4. The van der Waals surface area contributed by atoms with E-state index in [0.29, 0.717) is 5.69 Å². The second-order valence-corrected chi connectivity index (χ2v) is 4.86. The monoisotopic (exact) mass is 270 g/mol. The van der Waals surface area contributed by atoms with Crippen molar-refractivity contribution in [1.82, 2.24) is 0 Å². The Kier molecular flexibility index (Phi) is 3.94. The summed E-state index contributed by atoms with van der Waals surface area (Å²) < 4.78 is 0. The first-order valence-electron chi connectivity index (χ1n) is 6.37. The van der Waals surface area contributed by atoms with Gasteiger partial charge in [-0.2, -0.15) is 0 Å². The fraction of sp³-hybridized carbons (Fsp3) is 0.188. The Morgan fingerprint density at radius 3 is 2.55 bits per heavy atom. The summed E-state index contributed by atoms with van der Waals surface area (Å²) in [6, 6.07) is 13.0. The van der Waals surface area contributed by atoms with Crippen LogP contribution in [0.4, 0.5) is 11.4 Å². The van der Waals surface area contributed by atoms with E-state index < -0.39 is 5.97 Å². The molecule has 0 unspecified atom stereocenters. The topological polar surface area (TPSA) is 66.6 Å². The van der Waals surface area contributed by atoms with Gasteiger partial charge in [-0.05, 0) is 36.2 Å². The number of carboxylic acids is 1. The third-order valence-corrected chi connectivity index (χ3v) is 3.35. The quantitative estimate of drug-likeness (QED) is 0.838. The van der Waals surface area contributed by atoms with Crippen LogP contribution in [0.15, 0.2) is 42.5 Å². The molecule has 0 bridgehead atoms. The average Bonchev–Trinajstić information content (AvgIpc) is 2.41. The van der Waals surface area contributed by atoms with Crippen molar-refractivity contribution in [1.29, 1.82) is 0 Å². The van der Waals surface area contributed by atoms with E-state index in [1.54, 1.807) is 12.1 Å². The lowest BCUT2D eigenvalue weighted by atomic mass is 10.1. The number of rotatable bonds is 4. The summed E-state index contributed by atoms with van der Waals surface area (Å²) in [4.78, 5) is 12.9. The van der Waals surface area contributed by atoms with Crippen molar-refractivity contribution in [3.8, 4) is 0 Å². The maximum atomic E-state index is 10.9. The number of anilines is 2. The van der Waals surface area contributed by atoms with Crippen LogP contribution in [0.3, 0.4) is 0 Å². The molecule has 2 rings (SSSR count). The Morgan fingerprint density at radius 1 is 1.25 bits per heavy atom. The van der Waals surface area contributed by atoms with Crippen LogP contribution < -0.4 is 10.6 Å². The number of carbonyl (C=O) groups is 1. The molecule has 104 valence electrons. The molecule has 0 aromatic heterocycles. The number of nitrogen functional groups attached to an aromatic ring is 1. The van der Waals surface area contributed by atoms with E-state index >= 15 is 0 Å². The molecule has 0 atom stereocenters. The van der Waals surface area contributed by atoms with Crippen LogP contribution in [0, 0.1) is 6.92 Å². The molecule has 0 amide bonds. The van der Waals surface area contributed by atoms with Crippen molar-refractivity contribution in [2.45, 2.75) is 13.5 Å². The first-order valence-corrected chi connectivity index (χ1v) is 6.37. The van der Waals surface area contributed by atoms with Crippen LogP contribution in [0.25, 0.3) is 0 Å². The van der Waals surface area contributed by atoms with Crippen molar-refractivity contribution in [3.63, 3.8) is 0 Å². The van der Waals surface area contributed by atoms with Crippen LogP contribution >= 0.6 is 0 Å². The molecule has 0 spiro atoms. The van der Waals surface area contributed by atoms with Gasteiger partial charge in [0.15, 0.2) is 0 Å². The molecular weight excluding hydrogens is 252 g/mol. The summed E-state index contributed by atoms with van der Waals surface area (Å²) >= 11 is 0. The van der Waals surface area contributed by atoms with Crippen LogP contribution in [-0.2, 0) is 6.54 Å². The van der Waals surface area contributed by atoms with E-state index in [2.05, 4.69) is 19.1 Å². The summed E-state index contributed by atoms with van der Waals surface area (Å²) in [5, 5.41) is 8.94. The Hall–Kier alpha value is -2.49. The summed E-state index contributed by atoms with van der Waals surface area (Å²) in [6.07, 6.45) is 0. The number of nitrogens with zero attached hydrogens (tertiary/aromatic N) is 1. The van der Waals surface area contributed by atoms with Gasteiger partial charge in [-0.1, -0.05) is 24.3 Å². The van der Waals surface area contributed by atoms with Gasteiger partial charge < -0.3 is 15.7 Å². The highest BCUT2D eigenvalue weighted by Crippen LogP contribution is 2.25. The molecule has 4 nitrogen and oxygen atoms in total. The van der Waals surface area contributed by atoms with Crippen LogP contribution in [0.5, 0.6) is 0 Å². The molecule has 0 aliphatic heterocycles. The predicted molar refractivity (Wildman–Crippen MR) is 81.1 cm³/mol. The largest absolute Gasteiger partial charge is 0.478 e. The van der Waals surface area contributed by atoms with E-state index in [9.17, 15) is 4.79 Å². The Balaban J connectivity index is 2.23. The highest BCUT2D eigenvalue weighted by molar-refractivity contribution is 5.90. The maximum absolute atomic E-state index is 10.9. The minimum Gasteiger partial charge on any atom is -0.478 e. The maximum Gasteiger partial charge on any atom is 0.335 e. The van der Waals surface area contributed by atoms with Crippen molar-refractivity contribution in [2.75, 3.05) is 17.7 Å². The molecule has 0 aliphatic carbocycles. The molecule has 20 heavy (non-hydrogen) atoms. The van der Waals surface area contributed by atoms with Gasteiger partial charge in [0.1, 0.15) is 0 Å². The second-order valence-electron chi connectivity index (χ2n) is 4.86. The lowest BCUT2D eigenvalue weighted by Gasteiger charge is -2.22. The van der Waals surface area contributed by atoms with E-state index in [4.69, 9.17) is 10.8 Å². The van der Waals surface area contributed by atoms with Crippen LogP contribution in [0.2, 0.25) is 0 Å². The van der Waals surface area contributed by atoms with Crippen LogP contribution in [0.1, 0.15) is 21.5 Å². The fourth-order valence-electron chi connectivity index (χ4n) is 2.16. The van der Waals surface area contributed by atoms with E-state index in [1.807, 2.05) is 24.1 Å². The summed E-state index contributed by atoms with van der Waals surface area (Å²) in [5.41, 5.74) is 9.90. The summed E-state index contributed by atoms with van der Waals surface area (Å²) in [7, 11) is 1.94. The third kappa shape index (κ3) is 2.91. The SMILES string of the molecule is Cc1ccccc1CN(C)c1ccc(C(=O)O)cc1N. The lowest BCUT2D eigenvalue weighted by molar-refractivity contribution is 0.0697. The van der Waals surface area contributed by atoms with Gasteiger partial charge in [-0.3, -0.25) is 0 Å². The minimum atomic E-state index is -0.968. The van der Waals surface area contributed by atoms with Gasteiger partial charge in [0, 0.05) is 13.6 Å². The number of aromatic carboxylic acids is 1. The van der Waals surface area contributed by atoms with Gasteiger partial charge >= 0.3 is 5.97 Å². The molecule has 0 radical (unpaired) electrons. The molecule has 0 heterocycles. The molecule has 0 saturated carbocycles. The average molecular weight is 270 g/mol. The smallest absolute Gasteiger partial charge is 0.335 e. The number of hydrogen-bond acceptors (Lipinski definition) is 3. The lowest BCUT2D eigenvalue weighted by Crippen LogP contribution is -2.18. The number of hydrogen-bond donors (Lipinski definition) is 2. The molecule has 0 saturated heterocycles. The predicted octanol–water partition coefficient (Wildman–Crippen LogP) is 2.91. The second kappa shape index (κ2) is 5.65. The molecule has 2 aromatic rings. The molecule has 4 heteroatoms. The normalized spacial score (nSPS) is 10.3. The zero-order valence-corrected chi connectivity index (χ0v) is 11.6. The highest BCUT2D eigenvalue weighted by Gasteiger charge is 2.10. The van der Waals surface area contributed by atoms with Gasteiger partial charge in [0.2, 0.25) is 0 Å². The first kappa shape index (κ1) is 13.9. The van der Waals surface area contributed by atoms with E-state index in [-0.39, 0.29) is 5.56 Å². The van der Waals surface area contributed by atoms with Crippen molar-refractivity contribution >= 4 is 17.3 Å². The summed E-state index contributed by atoms with van der Waals surface area (Å²) in [6.45, 7) is 2.79. The van der Waals surface area contributed by atoms with Crippen molar-refractivity contribution in [3.05, 3.63) is 59.2 Å². The van der Waals surface area contributed by atoms with Gasteiger partial charge in [0.05, 0.1) is 16.9 Å². The van der Waals surface area contributed by atoms with Gasteiger partial charge in [-0.25, -0.2) is 4.79 Å². The first-order chi connectivity index (χ1) is 9.49. The number of benzene rings is 2. The van der Waals surface area contributed by atoms with E-state index in [0.717, 1.165) is 12.2 Å². The molecule has 3 N–H and O–H groups in total. The third-order valence-electron chi connectivity index (χ3n) is 3.35. The number of carboxylic acid groups (broad SMARTS) is 1. The van der Waals surface area contributed by atoms with Crippen molar-refractivity contribution < 1.29 is 9.90 Å². The van der Waals surface area contributed by atoms with Gasteiger partial charge in [-0.15, -0.1) is 0 Å². The molecule has 2 aromatic carbocycles. The van der Waals surface area contributed by atoms with E-state index in [1.165, 1.54) is 17.2 Å². The van der Waals surface area contributed by atoms with Crippen molar-refractivity contribution in [2.24, 2.45) is 0 Å². The standard InChI is InChI=1S/C16H18N2O2/c1-11-5-3-4-6-13(11)10-18(2)15-8-7-12(16(19)20)9-14(15)17/h3-9H,10,17H2,1-2H3,(H,19,20). The molecular formula is C16H18N2O2. The number of nitrogens with two attached hydrogens (primary N) is 1. The molecule has 0 aliphatic rings.